The summed E-state index contributed by atoms with van der Waals surface area (Å²) in [5.74, 6) is -0.156. The molecular formula is C65H131N2O6P. The van der Waals surface area contributed by atoms with E-state index in [4.69, 9.17) is 9.05 Å². The number of hydrogen-bond acceptors (Lipinski definition) is 6. The number of quaternary nitrogens is 1. The van der Waals surface area contributed by atoms with E-state index < -0.39 is 20.0 Å². The molecule has 9 heteroatoms. The number of aliphatic hydroxyl groups excluding tert-OH is 1. The minimum Gasteiger partial charge on any atom is -0.756 e. The van der Waals surface area contributed by atoms with Crippen LogP contribution in [0.4, 0.5) is 0 Å². The Morgan fingerprint density at radius 1 is 0.459 bits per heavy atom. The topological polar surface area (TPSA) is 108 Å². The summed E-state index contributed by atoms with van der Waals surface area (Å²) in [6.45, 7) is 4.78. The number of amides is 1. The summed E-state index contributed by atoms with van der Waals surface area (Å²) in [6, 6.07) is -0.798. The van der Waals surface area contributed by atoms with E-state index in [0.717, 1.165) is 38.5 Å². The smallest absolute Gasteiger partial charge is 0.268 e. The molecule has 0 heterocycles. The molecule has 0 saturated carbocycles. The van der Waals surface area contributed by atoms with Crippen molar-refractivity contribution in [3.8, 4) is 0 Å². The fraction of sp³-hybridized carbons (Fsp3) is 0.954. The maximum Gasteiger partial charge on any atom is 0.268 e. The normalized spacial score (nSPS) is 13.8. The number of nitrogens with one attached hydrogen (secondary N) is 1. The van der Waals surface area contributed by atoms with Gasteiger partial charge in [-0.3, -0.25) is 9.36 Å². The van der Waals surface area contributed by atoms with Gasteiger partial charge in [0.05, 0.1) is 39.9 Å². The van der Waals surface area contributed by atoms with Gasteiger partial charge < -0.3 is 28.8 Å². The van der Waals surface area contributed by atoms with E-state index in [1.807, 2.05) is 21.1 Å². The number of nitrogens with zero attached hydrogens (tertiary/aromatic N) is 1. The van der Waals surface area contributed by atoms with Crippen LogP contribution in [0.25, 0.3) is 0 Å². The van der Waals surface area contributed by atoms with Crippen molar-refractivity contribution < 1.29 is 32.9 Å². The van der Waals surface area contributed by atoms with Crippen LogP contribution in [0.1, 0.15) is 348 Å². The van der Waals surface area contributed by atoms with Crippen LogP contribution in [0.2, 0.25) is 0 Å². The standard InChI is InChI=1S/C65H131N2O6P/c1-6-8-10-12-14-16-18-20-22-24-26-28-29-30-31-32-33-34-35-36-37-39-41-43-45-47-49-51-53-55-57-59-65(69)66-63(62-73-74(70,71)72-61-60-67(3,4)5)64(68)58-56-54-52-50-48-46-44-42-40-38-27-25-23-21-19-17-15-13-11-9-7-2/h24,26,63-64,68H,6-23,25,27-62H2,1-5H3,(H-,66,69,70,71)/b26-24-. The molecule has 0 radical (unpaired) electrons. The first kappa shape index (κ1) is 73.2. The second-order valence-electron chi connectivity index (χ2n) is 24.2. The minimum atomic E-state index is -4.57. The second kappa shape index (κ2) is 56.9. The fourth-order valence-corrected chi connectivity index (χ4v) is 11.1. The first-order valence-electron chi connectivity index (χ1n) is 33.0. The highest BCUT2D eigenvalue weighted by atomic mass is 31.2. The monoisotopic (exact) mass is 1070 g/mol. The van der Waals surface area contributed by atoms with E-state index in [1.165, 1.54) is 283 Å². The highest BCUT2D eigenvalue weighted by molar-refractivity contribution is 7.45. The van der Waals surface area contributed by atoms with Crippen LogP contribution in [0.5, 0.6) is 0 Å². The number of allylic oxidation sites excluding steroid dienone is 2. The lowest BCUT2D eigenvalue weighted by atomic mass is 10.0. The Labute approximate surface area is 462 Å². The Morgan fingerprint density at radius 2 is 0.743 bits per heavy atom. The Kier molecular flexibility index (Phi) is 56.4. The van der Waals surface area contributed by atoms with Crippen molar-refractivity contribution in [3.63, 3.8) is 0 Å². The highest BCUT2D eigenvalue weighted by Gasteiger charge is 2.24. The number of rotatable bonds is 62. The second-order valence-corrected chi connectivity index (χ2v) is 25.6. The molecule has 1 amide bonds. The molecule has 442 valence electrons. The van der Waals surface area contributed by atoms with Crippen LogP contribution in [-0.2, 0) is 18.4 Å². The molecule has 2 N–H and O–H groups in total. The summed E-state index contributed by atoms with van der Waals surface area (Å²) < 4.78 is 23.5. The van der Waals surface area contributed by atoms with E-state index in [0.29, 0.717) is 23.9 Å². The van der Waals surface area contributed by atoms with Gasteiger partial charge in [-0.2, -0.15) is 0 Å². The maximum atomic E-state index is 13.0. The Balaban J connectivity index is 4.01. The van der Waals surface area contributed by atoms with Crippen LogP contribution in [-0.4, -0.2) is 68.5 Å². The molecule has 0 aromatic rings. The summed E-state index contributed by atoms with van der Waals surface area (Å²) in [6.07, 6.45) is 71.3. The van der Waals surface area contributed by atoms with Gasteiger partial charge in [-0.15, -0.1) is 0 Å². The highest BCUT2D eigenvalue weighted by Crippen LogP contribution is 2.38. The van der Waals surface area contributed by atoms with E-state index in [-0.39, 0.29) is 19.1 Å². The average Bonchev–Trinajstić information content (AvgIpc) is 3.36. The number of phosphoric acid groups is 1. The summed E-state index contributed by atoms with van der Waals surface area (Å²) in [5, 5.41) is 14.1. The zero-order valence-corrected chi connectivity index (χ0v) is 51.5. The van der Waals surface area contributed by atoms with Gasteiger partial charge >= 0.3 is 0 Å². The molecule has 0 aliphatic heterocycles. The number of carbonyl (C=O) groups excluding carboxylic acids is 1. The average molecular weight is 1070 g/mol. The van der Waals surface area contributed by atoms with Gasteiger partial charge in [0.25, 0.3) is 7.82 Å². The molecule has 74 heavy (non-hydrogen) atoms. The third-order valence-electron chi connectivity index (χ3n) is 15.5. The van der Waals surface area contributed by atoms with E-state index in [1.54, 1.807) is 0 Å². The third kappa shape index (κ3) is 58.9. The minimum absolute atomic E-state index is 0.0158. The molecule has 0 aromatic carbocycles. The molecule has 0 saturated heterocycles. The zero-order chi connectivity index (χ0) is 54.2. The number of unbranched alkanes of at least 4 members (excludes halogenated alkanes) is 47. The molecule has 3 atom stereocenters. The van der Waals surface area contributed by atoms with Gasteiger partial charge in [0.1, 0.15) is 13.2 Å². The number of carbonyl (C=O) groups is 1. The van der Waals surface area contributed by atoms with Gasteiger partial charge in [-0.25, -0.2) is 0 Å². The maximum absolute atomic E-state index is 13.0. The van der Waals surface area contributed by atoms with Crippen molar-refractivity contribution in [1.82, 2.24) is 5.32 Å². The van der Waals surface area contributed by atoms with Crippen LogP contribution < -0.4 is 10.2 Å². The van der Waals surface area contributed by atoms with Gasteiger partial charge in [-0.05, 0) is 38.5 Å². The van der Waals surface area contributed by atoms with Crippen LogP contribution in [0.15, 0.2) is 12.2 Å². The van der Waals surface area contributed by atoms with Crippen LogP contribution in [0.3, 0.4) is 0 Å². The molecule has 0 aliphatic carbocycles. The van der Waals surface area contributed by atoms with Gasteiger partial charge in [0.15, 0.2) is 0 Å². The lowest BCUT2D eigenvalue weighted by Crippen LogP contribution is -2.46. The van der Waals surface area contributed by atoms with Crippen molar-refractivity contribution in [3.05, 3.63) is 12.2 Å². The number of hydrogen-bond donors (Lipinski definition) is 2. The quantitative estimate of drug-likeness (QED) is 0.0272. The van der Waals surface area contributed by atoms with Crippen molar-refractivity contribution in [2.24, 2.45) is 0 Å². The number of likely N-dealkylation sites (N-methyl/N-ethyl adjacent to an activating group) is 1. The summed E-state index contributed by atoms with van der Waals surface area (Å²) in [4.78, 5) is 25.6. The van der Waals surface area contributed by atoms with Crippen LogP contribution in [0, 0.1) is 0 Å². The predicted octanol–water partition coefficient (Wildman–Crippen LogP) is 19.9. The summed E-state index contributed by atoms with van der Waals surface area (Å²) in [5.41, 5.74) is 0. The van der Waals surface area contributed by atoms with Crippen molar-refractivity contribution in [2.75, 3.05) is 40.9 Å². The summed E-state index contributed by atoms with van der Waals surface area (Å²) in [7, 11) is 1.33. The SMILES string of the molecule is CCCCCCCCCC/C=C\CCCCCCCCCCCCCCCCCCCCCC(=O)NC(COP(=O)([O-])OCC[N+](C)(C)C)C(O)CCCCCCCCCCCCCCCCCCCCCCC. The molecule has 3 unspecified atom stereocenters. The van der Waals surface area contributed by atoms with Gasteiger partial charge in [0.2, 0.25) is 5.91 Å². The molecule has 0 aromatic heterocycles. The third-order valence-corrected chi connectivity index (χ3v) is 16.5. The molecular weight excluding hydrogens is 936 g/mol. The first-order valence-corrected chi connectivity index (χ1v) is 34.5. The Morgan fingerprint density at radius 3 is 1.05 bits per heavy atom. The molecule has 0 rings (SSSR count). The number of aliphatic hydroxyl groups is 1. The van der Waals surface area contributed by atoms with Gasteiger partial charge in [-0.1, -0.05) is 315 Å². The number of phosphoric ester groups is 1. The lowest BCUT2D eigenvalue weighted by Gasteiger charge is -2.30. The fourth-order valence-electron chi connectivity index (χ4n) is 10.3. The predicted molar refractivity (Wildman–Crippen MR) is 321 cm³/mol. The van der Waals surface area contributed by atoms with E-state index in [9.17, 15) is 19.4 Å². The molecule has 0 spiro atoms. The molecule has 8 nitrogen and oxygen atoms in total. The molecule has 0 aliphatic rings. The van der Waals surface area contributed by atoms with Crippen molar-refractivity contribution in [2.45, 2.75) is 360 Å². The molecule has 0 bridgehead atoms. The van der Waals surface area contributed by atoms with E-state index in [2.05, 4.69) is 31.3 Å². The zero-order valence-electron chi connectivity index (χ0n) is 50.6. The first-order chi connectivity index (χ1) is 36.0. The van der Waals surface area contributed by atoms with Gasteiger partial charge in [0, 0.05) is 6.42 Å². The largest absolute Gasteiger partial charge is 0.756 e. The Bertz CT molecular complexity index is 1210. The lowest BCUT2D eigenvalue weighted by molar-refractivity contribution is -0.870. The molecule has 0 fully saturated rings. The van der Waals surface area contributed by atoms with E-state index >= 15 is 0 Å². The summed E-state index contributed by atoms with van der Waals surface area (Å²) >= 11 is 0. The van der Waals surface area contributed by atoms with Crippen molar-refractivity contribution >= 4 is 13.7 Å². The Hall–Kier alpha value is -0.760. The van der Waals surface area contributed by atoms with Crippen molar-refractivity contribution in [1.29, 1.82) is 0 Å². The van der Waals surface area contributed by atoms with Crippen LogP contribution >= 0.6 is 7.82 Å².